The van der Waals surface area contributed by atoms with Gasteiger partial charge >= 0.3 is 0 Å². The maximum atomic E-state index is 14.3. The second-order valence-corrected chi connectivity index (χ2v) is 5.00. The summed E-state index contributed by atoms with van der Waals surface area (Å²) in [6, 6.07) is 5.16. The molecule has 0 saturated carbocycles. The molecule has 1 aromatic heterocycles. The van der Waals surface area contributed by atoms with E-state index in [1.54, 1.807) is 25.3 Å². The number of aromatic nitrogens is 1. The Balaban J connectivity index is 1.99. The van der Waals surface area contributed by atoms with E-state index in [0.29, 0.717) is 21.6 Å². The van der Waals surface area contributed by atoms with Gasteiger partial charge in [-0.1, -0.05) is 11.6 Å². The Labute approximate surface area is 123 Å². The molecule has 5 heteroatoms. The van der Waals surface area contributed by atoms with Crippen LogP contribution in [0.5, 0.6) is 0 Å². The van der Waals surface area contributed by atoms with Crippen molar-refractivity contribution in [3.8, 4) is 0 Å². The molecule has 1 aromatic carbocycles. The molecule has 0 atom stereocenters. The summed E-state index contributed by atoms with van der Waals surface area (Å²) in [7, 11) is 1.70. The van der Waals surface area contributed by atoms with Crippen molar-refractivity contribution >= 4 is 28.2 Å². The number of nitrogens with zero attached hydrogens (tertiary/aromatic N) is 1. The Morgan fingerprint density at radius 1 is 1.25 bits per heavy atom. The normalized spacial score (nSPS) is 10.9. The number of hydrogen-bond donors (Lipinski definition) is 1. The van der Waals surface area contributed by atoms with Crippen LogP contribution in [0.25, 0.3) is 10.9 Å². The molecule has 2 rings (SSSR count). The Hall–Kier alpha value is -1.39. The molecule has 2 aromatic rings. The van der Waals surface area contributed by atoms with Crippen molar-refractivity contribution in [3.05, 3.63) is 35.2 Å². The van der Waals surface area contributed by atoms with E-state index in [1.807, 2.05) is 0 Å². The minimum absolute atomic E-state index is 0.307. The van der Waals surface area contributed by atoms with Crippen molar-refractivity contribution in [3.63, 3.8) is 0 Å². The molecular weight excluding hydrogens is 279 g/mol. The van der Waals surface area contributed by atoms with E-state index >= 15 is 0 Å². The van der Waals surface area contributed by atoms with E-state index in [-0.39, 0.29) is 5.82 Å². The number of hydrogen-bond acceptors (Lipinski definition) is 3. The summed E-state index contributed by atoms with van der Waals surface area (Å²) in [6.07, 6.45) is 4.57. The maximum Gasteiger partial charge on any atom is 0.172 e. The van der Waals surface area contributed by atoms with Gasteiger partial charge in [0.1, 0.15) is 5.52 Å². The standard InChI is InChI=1S/C15H18ClFN2O/c1-20-10-4-2-3-8-18-13-6-5-11-12(16)7-9-19-15(11)14(13)17/h5-7,9,18H,2-4,8,10H2,1H3. The highest BCUT2D eigenvalue weighted by Crippen LogP contribution is 2.27. The molecule has 0 aliphatic heterocycles. The summed E-state index contributed by atoms with van der Waals surface area (Å²) >= 11 is 6.02. The summed E-state index contributed by atoms with van der Waals surface area (Å²) < 4.78 is 19.3. The molecule has 0 amide bonds. The molecule has 3 nitrogen and oxygen atoms in total. The third-order valence-corrected chi connectivity index (χ3v) is 3.47. The van der Waals surface area contributed by atoms with E-state index in [4.69, 9.17) is 16.3 Å². The molecule has 0 unspecified atom stereocenters. The zero-order valence-electron chi connectivity index (χ0n) is 11.5. The fourth-order valence-electron chi connectivity index (χ4n) is 2.06. The van der Waals surface area contributed by atoms with Gasteiger partial charge in [0, 0.05) is 31.8 Å². The van der Waals surface area contributed by atoms with Gasteiger partial charge in [0.05, 0.1) is 10.7 Å². The molecule has 108 valence electrons. The van der Waals surface area contributed by atoms with Crippen LogP contribution in [0.2, 0.25) is 5.02 Å². The lowest BCUT2D eigenvalue weighted by molar-refractivity contribution is 0.192. The Morgan fingerprint density at radius 3 is 2.90 bits per heavy atom. The summed E-state index contributed by atoms with van der Waals surface area (Å²) in [5.74, 6) is -0.345. The second-order valence-electron chi connectivity index (χ2n) is 4.60. The summed E-state index contributed by atoms with van der Waals surface area (Å²) in [4.78, 5) is 4.06. The first kappa shape index (κ1) is 15.0. The molecular formula is C15H18ClFN2O. The summed E-state index contributed by atoms with van der Waals surface area (Å²) in [5, 5.41) is 4.25. The Bertz CT molecular complexity index is 577. The van der Waals surface area contributed by atoms with Crippen LogP contribution in [-0.2, 0) is 4.74 Å². The Morgan fingerprint density at radius 2 is 2.10 bits per heavy atom. The van der Waals surface area contributed by atoms with E-state index < -0.39 is 0 Å². The first-order valence-corrected chi connectivity index (χ1v) is 7.07. The SMILES string of the molecule is COCCCCCNc1ccc2c(Cl)ccnc2c1F. The lowest BCUT2D eigenvalue weighted by atomic mass is 10.2. The van der Waals surface area contributed by atoms with Crippen LogP contribution in [0, 0.1) is 5.82 Å². The van der Waals surface area contributed by atoms with Gasteiger partial charge in [0.25, 0.3) is 0 Å². The molecule has 0 saturated heterocycles. The highest BCUT2D eigenvalue weighted by Gasteiger charge is 2.09. The predicted octanol–water partition coefficient (Wildman–Crippen LogP) is 4.26. The number of pyridine rings is 1. The zero-order chi connectivity index (χ0) is 14.4. The number of nitrogens with one attached hydrogen (secondary N) is 1. The fourth-order valence-corrected chi connectivity index (χ4v) is 2.27. The van der Waals surface area contributed by atoms with Gasteiger partial charge in [-0.2, -0.15) is 0 Å². The molecule has 0 aliphatic rings. The van der Waals surface area contributed by atoms with Crippen LogP contribution >= 0.6 is 11.6 Å². The van der Waals surface area contributed by atoms with Crippen molar-refractivity contribution in [1.82, 2.24) is 4.98 Å². The van der Waals surface area contributed by atoms with Crippen LogP contribution in [-0.4, -0.2) is 25.2 Å². The van der Waals surface area contributed by atoms with Crippen LogP contribution in [0.15, 0.2) is 24.4 Å². The van der Waals surface area contributed by atoms with Crippen LogP contribution in [0.4, 0.5) is 10.1 Å². The zero-order valence-corrected chi connectivity index (χ0v) is 12.2. The van der Waals surface area contributed by atoms with Crippen molar-refractivity contribution in [2.24, 2.45) is 0 Å². The second kappa shape index (κ2) is 7.41. The molecule has 0 bridgehead atoms. The number of methoxy groups -OCH3 is 1. The Kier molecular flexibility index (Phi) is 5.56. The number of fused-ring (bicyclic) bond motifs is 1. The lowest BCUT2D eigenvalue weighted by Crippen LogP contribution is -2.04. The molecule has 0 aliphatic carbocycles. The quantitative estimate of drug-likeness (QED) is 0.775. The van der Waals surface area contributed by atoms with Crippen molar-refractivity contribution < 1.29 is 9.13 Å². The fraction of sp³-hybridized carbons (Fsp3) is 0.400. The molecule has 0 fully saturated rings. The van der Waals surface area contributed by atoms with Crippen LogP contribution < -0.4 is 5.32 Å². The average Bonchev–Trinajstić information content (AvgIpc) is 2.45. The summed E-state index contributed by atoms with van der Waals surface area (Å²) in [6.45, 7) is 1.50. The third-order valence-electron chi connectivity index (χ3n) is 3.14. The minimum Gasteiger partial charge on any atom is -0.385 e. The number of unbranched alkanes of at least 4 members (excludes halogenated alkanes) is 2. The average molecular weight is 297 g/mol. The minimum atomic E-state index is -0.345. The van der Waals surface area contributed by atoms with Crippen molar-refractivity contribution in [2.45, 2.75) is 19.3 Å². The van der Waals surface area contributed by atoms with Crippen molar-refractivity contribution in [2.75, 3.05) is 25.6 Å². The van der Waals surface area contributed by atoms with E-state index in [0.717, 1.165) is 32.4 Å². The highest BCUT2D eigenvalue weighted by atomic mass is 35.5. The third kappa shape index (κ3) is 3.58. The van der Waals surface area contributed by atoms with E-state index in [9.17, 15) is 4.39 Å². The number of benzene rings is 1. The monoisotopic (exact) mass is 296 g/mol. The van der Waals surface area contributed by atoms with Crippen LogP contribution in [0.3, 0.4) is 0 Å². The number of halogens is 2. The molecule has 20 heavy (non-hydrogen) atoms. The molecule has 0 radical (unpaired) electrons. The van der Waals surface area contributed by atoms with Gasteiger partial charge < -0.3 is 10.1 Å². The number of rotatable bonds is 7. The van der Waals surface area contributed by atoms with E-state index in [2.05, 4.69) is 10.3 Å². The maximum absolute atomic E-state index is 14.3. The largest absolute Gasteiger partial charge is 0.385 e. The van der Waals surface area contributed by atoms with Crippen molar-refractivity contribution in [1.29, 1.82) is 0 Å². The lowest BCUT2D eigenvalue weighted by Gasteiger charge is -2.09. The van der Waals surface area contributed by atoms with Gasteiger partial charge in [-0.25, -0.2) is 4.39 Å². The first-order valence-electron chi connectivity index (χ1n) is 6.69. The van der Waals surface area contributed by atoms with Gasteiger partial charge in [0.15, 0.2) is 5.82 Å². The van der Waals surface area contributed by atoms with Crippen LogP contribution in [0.1, 0.15) is 19.3 Å². The van der Waals surface area contributed by atoms with Gasteiger partial charge in [-0.3, -0.25) is 4.98 Å². The number of ether oxygens (including phenoxy) is 1. The van der Waals surface area contributed by atoms with Gasteiger partial charge in [-0.05, 0) is 37.5 Å². The smallest absolute Gasteiger partial charge is 0.172 e. The predicted molar refractivity (Wildman–Crippen MR) is 80.9 cm³/mol. The molecule has 0 spiro atoms. The highest BCUT2D eigenvalue weighted by molar-refractivity contribution is 6.35. The van der Waals surface area contributed by atoms with Gasteiger partial charge in [0.2, 0.25) is 0 Å². The van der Waals surface area contributed by atoms with Gasteiger partial charge in [-0.15, -0.1) is 0 Å². The summed E-state index contributed by atoms with van der Waals surface area (Å²) in [5.41, 5.74) is 0.779. The molecule has 1 N–H and O–H groups in total. The number of anilines is 1. The topological polar surface area (TPSA) is 34.1 Å². The molecule has 1 heterocycles. The first-order chi connectivity index (χ1) is 9.74. The van der Waals surface area contributed by atoms with E-state index in [1.165, 1.54) is 6.20 Å².